The number of nitrogens with zero attached hydrogens (tertiary/aromatic N) is 1. The zero-order valence-electron chi connectivity index (χ0n) is 10.5. The molecule has 0 radical (unpaired) electrons. The number of rotatable bonds is 5. The van der Waals surface area contributed by atoms with Gasteiger partial charge in [-0.15, -0.1) is 0 Å². The average Bonchev–Trinajstić information content (AvgIpc) is 2.84. The van der Waals surface area contributed by atoms with Gasteiger partial charge in [-0.2, -0.15) is 0 Å². The highest BCUT2D eigenvalue weighted by Gasteiger charge is 2.19. The molecule has 1 aliphatic rings. The molecule has 3 heteroatoms. The Kier molecular flexibility index (Phi) is 4.99. The summed E-state index contributed by atoms with van der Waals surface area (Å²) in [6, 6.07) is 4.76. The van der Waals surface area contributed by atoms with Gasteiger partial charge in [-0.1, -0.05) is 25.7 Å². The largest absolute Gasteiger partial charge is 0.317 e. The lowest BCUT2D eigenvalue weighted by molar-refractivity contribution is 0.400. The first-order chi connectivity index (χ1) is 8.28. The molecule has 0 amide bonds. The smallest absolute Gasteiger partial charge is 0.0419 e. The van der Waals surface area contributed by atoms with E-state index in [0.717, 1.165) is 16.8 Å². The van der Waals surface area contributed by atoms with Crippen LogP contribution in [-0.4, -0.2) is 18.1 Å². The predicted octanol–water partition coefficient (Wildman–Crippen LogP) is 3.55. The molecule has 1 aromatic rings. The fraction of sp³-hybridized carbons (Fsp3) is 0.643. The van der Waals surface area contributed by atoms with Crippen LogP contribution in [0.4, 0.5) is 0 Å². The molecule has 1 aliphatic carbocycles. The van der Waals surface area contributed by atoms with Gasteiger partial charge in [-0.05, 0) is 47.4 Å². The number of hydrogen-bond acceptors (Lipinski definition) is 2. The van der Waals surface area contributed by atoms with E-state index < -0.39 is 0 Å². The lowest BCUT2D eigenvalue weighted by Gasteiger charge is -2.19. The normalized spacial score (nSPS) is 18.5. The third kappa shape index (κ3) is 4.07. The topological polar surface area (TPSA) is 24.9 Å². The molecule has 0 spiro atoms. The summed E-state index contributed by atoms with van der Waals surface area (Å²) in [5.74, 6) is 0.933. The second kappa shape index (κ2) is 6.50. The Morgan fingerprint density at radius 2 is 2.18 bits per heavy atom. The average molecular weight is 297 g/mol. The summed E-state index contributed by atoms with van der Waals surface area (Å²) in [4.78, 5) is 4.45. The quantitative estimate of drug-likeness (QED) is 0.899. The fourth-order valence-corrected chi connectivity index (χ4v) is 2.97. The van der Waals surface area contributed by atoms with Crippen molar-refractivity contribution in [1.29, 1.82) is 0 Å². The van der Waals surface area contributed by atoms with Crippen LogP contribution < -0.4 is 5.32 Å². The minimum atomic E-state index is 0.576. The van der Waals surface area contributed by atoms with Gasteiger partial charge in [-0.25, -0.2) is 0 Å². The zero-order chi connectivity index (χ0) is 12.1. The summed E-state index contributed by atoms with van der Waals surface area (Å²) in [5.41, 5.74) is 1.19. The molecule has 2 nitrogen and oxygen atoms in total. The lowest BCUT2D eigenvalue weighted by atomic mass is 9.95. The number of likely N-dealkylation sites (N-methyl/N-ethyl adjacent to an activating group) is 1. The van der Waals surface area contributed by atoms with Gasteiger partial charge in [0, 0.05) is 28.8 Å². The minimum Gasteiger partial charge on any atom is -0.317 e. The Bertz CT molecular complexity index is 331. The molecule has 0 aliphatic heterocycles. The highest BCUT2D eigenvalue weighted by molar-refractivity contribution is 9.10. The first-order valence-corrected chi connectivity index (χ1v) is 7.35. The van der Waals surface area contributed by atoms with Gasteiger partial charge in [0.25, 0.3) is 0 Å². The van der Waals surface area contributed by atoms with E-state index in [4.69, 9.17) is 0 Å². The highest BCUT2D eigenvalue weighted by atomic mass is 79.9. The van der Waals surface area contributed by atoms with Gasteiger partial charge in [0.15, 0.2) is 0 Å². The minimum absolute atomic E-state index is 0.576. The Hall–Kier alpha value is -0.410. The highest BCUT2D eigenvalue weighted by Crippen LogP contribution is 2.29. The van der Waals surface area contributed by atoms with E-state index in [2.05, 4.69) is 45.4 Å². The first-order valence-electron chi connectivity index (χ1n) is 6.55. The molecule has 1 fully saturated rings. The van der Waals surface area contributed by atoms with E-state index in [-0.39, 0.29) is 0 Å². The van der Waals surface area contributed by atoms with Crippen molar-refractivity contribution in [2.24, 2.45) is 5.92 Å². The van der Waals surface area contributed by atoms with Crippen LogP contribution in [0.2, 0.25) is 0 Å². The maximum atomic E-state index is 4.45. The van der Waals surface area contributed by atoms with Crippen molar-refractivity contribution in [3.8, 4) is 0 Å². The number of hydrogen-bond donors (Lipinski definition) is 1. The van der Waals surface area contributed by atoms with Crippen LogP contribution in [0.15, 0.2) is 22.8 Å². The van der Waals surface area contributed by atoms with Gasteiger partial charge in [0.2, 0.25) is 0 Å². The van der Waals surface area contributed by atoms with Crippen LogP contribution in [-0.2, 0) is 6.42 Å². The second-order valence-corrected chi connectivity index (χ2v) is 5.96. The molecule has 1 N–H and O–H groups in total. The van der Waals surface area contributed by atoms with Crippen molar-refractivity contribution >= 4 is 15.9 Å². The van der Waals surface area contributed by atoms with Crippen molar-refractivity contribution in [2.45, 2.75) is 44.6 Å². The monoisotopic (exact) mass is 296 g/mol. The van der Waals surface area contributed by atoms with Crippen LogP contribution in [0.1, 0.15) is 37.8 Å². The summed E-state index contributed by atoms with van der Waals surface area (Å²) < 4.78 is 1.05. The Morgan fingerprint density at radius 3 is 2.76 bits per heavy atom. The third-order valence-corrected chi connectivity index (χ3v) is 4.21. The van der Waals surface area contributed by atoms with E-state index in [1.54, 1.807) is 0 Å². The molecule has 17 heavy (non-hydrogen) atoms. The Labute approximate surface area is 112 Å². The van der Waals surface area contributed by atoms with Crippen molar-refractivity contribution in [3.05, 3.63) is 28.5 Å². The van der Waals surface area contributed by atoms with E-state index in [9.17, 15) is 0 Å². The van der Waals surface area contributed by atoms with E-state index in [0.29, 0.717) is 6.04 Å². The molecule has 1 saturated carbocycles. The van der Waals surface area contributed by atoms with Gasteiger partial charge >= 0.3 is 0 Å². The van der Waals surface area contributed by atoms with Gasteiger partial charge in [-0.3, -0.25) is 4.98 Å². The molecular weight excluding hydrogens is 276 g/mol. The van der Waals surface area contributed by atoms with Crippen LogP contribution in [0, 0.1) is 5.92 Å². The molecule has 94 valence electrons. The van der Waals surface area contributed by atoms with E-state index in [1.807, 2.05) is 6.20 Å². The molecule has 0 aromatic carbocycles. The fourth-order valence-electron chi connectivity index (χ4n) is 2.73. The zero-order valence-corrected chi connectivity index (χ0v) is 12.0. The number of pyridine rings is 1. The Balaban J connectivity index is 1.87. The van der Waals surface area contributed by atoms with Gasteiger partial charge in [0.1, 0.15) is 0 Å². The predicted molar refractivity (Wildman–Crippen MR) is 75.1 cm³/mol. The van der Waals surface area contributed by atoms with Crippen molar-refractivity contribution in [2.75, 3.05) is 7.05 Å². The molecule has 1 aromatic heterocycles. The molecular formula is C14H21BrN2. The molecule has 1 heterocycles. The van der Waals surface area contributed by atoms with Crippen LogP contribution in [0.5, 0.6) is 0 Å². The van der Waals surface area contributed by atoms with Gasteiger partial charge in [0.05, 0.1) is 0 Å². The summed E-state index contributed by atoms with van der Waals surface area (Å²) in [5, 5.41) is 3.44. The van der Waals surface area contributed by atoms with Crippen LogP contribution >= 0.6 is 15.9 Å². The lowest BCUT2D eigenvalue weighted by Crippen LogP contribution is -2.30. The van der Waals surface area contributed by atoms with Crippen molar-refractivity contribution in [3.63, 3.8) is 0 Å². The molecule has 0 bridgehead atoms. The van der Waals surface area contributed by atoms with Crippen molar-refractivity contribution in [1.82, 2.24) is 10.3 Å². The SMILES string of the molecule is CNC(Cc1ccc(Br)cn1)CC1CCCC1. The molecule has 1 unspecified atom stereocenters. The summed E-state index contributed by atoms with van der Waals surface area (Å²) in [6.45, 7) is 0. The molecule has 2 rings (SSSR count). The standard InChI is InChI=1S/C14H21BrN2/c1-16-14(8-11-4-2-3-5-11)9-13-7-6-12(15)10-17-13/h6-7,10-11,14,16H,2-5,8-9H2,1H3. The summed E-state index contributed by atoms with van der Waals surface area (Å²) >= 11 is 3.42. The summed E-state index contributed by atoms with van der Waals surface area (Å²) in [7, 11) is 2.07. The first kappa shape index (κ1) is 13.0. The van der Waals surface area contributed by atoms with Gasteiger partial charge < -0.3 is 5.32 Å². The Morgan fingerprint density at radius 1 is 1.41 bits per heavy atom. The van der Waals surface area contributed by atoms with Crippen molar-refractivity contribution < 1.29 is 0 Å². The summed E-state index contributed by atoms with van der Waals surface area (Å²) in [6.07, 6.45) is 9.93. The van der Waals surface area contributed by atoms with E-state index >= 15 is 0 Å². The third-order valence-electron chi connectivity index (χ3n) is 3.75. The van der Waals surface area contributed by atoms with Crippen LogP contribution in [0.3, 0.4) is 0 Å². The second-order valence-electron chi connectivity index (χ2n) is 5.04. The van der Waals surface area contributed by atoms with Crippen LogP contribution in [0.25, 0.3) is 0 Å². The number of nitrogens with one attached hydrogen (secondary N) is 1. The molecule has 0 saturated heterocycles. The number of aromatic nitrogens is 1. The maximum Gasteiger partial charge on any atom is 0.0419 e. The maximum absolute atomic E-state index is 4.45. The molecule has 1 atom stereocenters. The van der Waals surface area contributed by atoms with E-state index in [1.165, 1.54) is 37.8 Å². The number of halogens is 1.